The summed E-state index contributed by atoms with van der Waals surface area (Å²) in [5, 5.41) is 8.90. The Bertz CT molecular complexity index is 332. The summed E-state index contributed by atoms with van der Waals surface area (Å²) in [6, 6.07) is 0. The molecule has 1 amide bonds. The van der Waals surface area contributed by atoms with Gasteiger partial charge in [-0.15, -0.1) is 0 Å². The van der Waals surface area contributed by atoms with E-state index >= 15 is 0 Å². The lowest BCUT2D eigenvalue weighted by Gasteiger charge is -2.61. The van der Waals surface area contributed by atoms with Gasteiger partial charge in [0.1, 0.15) is 5.54 Å². The molecule has 1 saturated heterocycles. The Morgan fingerprint density at radius 1 is 1.59 bits per heavy atom. The van der Waals surface area contributed by atoms with Crippen LogP contribution in [0.5, 0.6) is 0 Å². The highest BCUT2D eigenvalue weighted by Gasteiger charge is 2.71. The Hall–Kier alpha value is -0.650. The number of aliphatic hydroxyl groups excluding tert-OH is 1. The van der Waals surface area contributed by atoms with Crippen molar-refractivity contribution in [2.75, 3.05) is 26.8 Å². The van der Waals surface area contributed by atoms with Gasteiger partial charge in [-0.3, -0.25) is 4.79 Å². The summed E-state index contributed by atoms with van der Waals surface area (Å²) in [6.45, 7) is 4.96. The van der Waals surface area contributed by atoms with Crippen molar-refractivity contribution in [1.82, 2.24) is 4.90 Å². The van der Waals surface area contributed by atoms with Crippen LogP contribution in [0.4, 0.5) is 0 Å². The Kier molecular flexibility index (Phi) is 2.96. The molecule has 1 aliphatic heterocycles. The van der Waals surface area contributed by atoms with Crippen LogP contribution >= 0.6 is 0 Å². The molecule has 3 unspecified atom stereocenters. The fourth-order valence-electron chi connectivity index (χ4n) is 3.39. The zero-order valence-electron chi connectivity index (χ0n) is 10.8. The number of fused-ring (bicyclic) bond motifs is 1. The number of nitrogens with zero attached hydrogens (tertiary/aromatic N) is 1. The third kappa shape index (κ3) is 1.46. The Morgan fingerprint density at radius 2 is 2.24 bits per heavy atom. The molecule has 2 rings (SSSR count). The van der Waals surface area contributed by atoms with Gasteiger partial charge in [0.2, 0.25) is 5.91 Å². The lowest BCUT2D eigenvalue weighted by molar-refractivity contribution is -0.183. The lowest BCUT2D eigenvalue weighted by atomic mass is 9.47. The molecule has 1 aliphatic carbocycles. The zero-order chi connectivity index (χ0) is 12.8. The highest BCUT2D eigenvalue weighted by Crippen LogP contribution is 2.58. The molecule has 0 aromatic rings. The van der Waals surface area contributed by atoms with Gasteiger partial charge in [-0.2, -0.15) is 0 Å². The van der Waals surface area contributed by atoms with Crippen LogP contribution in [0.3, 0.4) is 0 Å². The molecule has 0 spiro atoms. The van der Waals surface area contributed by atoms with Crippen molar-refractivity contribution in [3.05, 3.63) is 0 Å². The second-order valence-corrected chi connectivity index (χ2v) is 5.73. The van der Waals surface area contributed by atoms with Crippen molar-refractivity contribution in [3.63, 3.8) is 0 Å². The minimum Gasteiger partial charge on any atom is -0.395 e. The molecule has 0 aromatic carbocycles. The second-order valence-electron chi connectivity index (χ2n) is 5.73. The van der Waals surface area contributed by atoms with Gasteiger partial charge < -0.3 is 20.5 Å². The molecule has 0 radical (unpaired) electrons. The third-order valence-corrected chi connectivity index (χ3v) is 4.59. The van der Waals surface area contributed by atoms with Crippen molar-refractivity contribution in [2.24, 2.45) is 17.1 Å². The Morgan fingerprint density at radius 3 is 2.82 bits per heavy atom. The van der Waals surface area contributed by atoms with Crippen LogP contribution in [-0.2, 0) is 9.53 Å². The number of ether oxygens (including phenoxy) is 1. The van der Waals surface area contributed by atoms with E-state index in [2.05, 4.69) is 0 Å². The van der Waals surface area contributed by atoms with Crippen LogP contribution in [0.15, 0.2) is 0 Å². The van der Waals surface area contributed by atoms with Crippen LogP contribution in [0.25, 0.3) is 0 Å². The highest BCUT2D eigenvalue weighted by atomic mass is 16.5. The minimum absolute atomic E-state index is 0.0383. The molecule has 17 heavy (non-hydrogen) atoms. The van der Waals surface area contributed by atoms with E-state index in [0.717, 1.165) is 6.42 Å². The third-order valence-electron chi connectivity index (χ3n) is 4.59. The first-order chi connectivity index (χ1) is 7.87. The predicted molar refractivity (Wildman–Crippen MR) is 63.3 cm³/mol. The van der Waals surface area contributed by atoms with Gasteiger partial charge in [-0.1, -0.05) is 13.8 Å². The van der Waals surface area contributed by atoms with Crippen LogP contribution in [0, 0.1) is 11.3 Å². The summed E-state index contributed by atoms with van der Waals surface area (Å²) in [5.74, 6) is 0.0365. The van der Waals surface area contributed by atoms with E-state index in [-0.39, 0.29) is 30.0 Å². The number of hydrogen-bond acceptors (Lipinski definition) is 4. The van der Waals surface area contributed by atoms with E-state index in [1.807, 2.05) is 13.8 Å². The maximum absolute atomic E-state index is 12.4. The van der Waals surface area contributed by atoms with Gasteiger partial charge in [-0.25, -0.2) is 0 Å². The molecule has 1 saturated carbocycles. The quantitative estimate of drug-likeness (QED) is 0.705. The molecule has 3 N–H and O–H groups in total. The topological polar surface area (TPSA) is 75.8 Å². The van der Waals surface area contributed by atoms with Crippen molar-refractivity contribution in [3.8, 4) is 0 Å². The standard InChI is InChI=1S/C12H22N2O3/c1-11(2)9-8(4-7-17-9)12(11,13)10(16)14(3)5-6-15/h8-9,15H,4-7,13H2,1-3H3. The predicted octanol–water partition coefficient (Wildman–Crippen LogP) is -0.420. The van der Waals surface area contributed by atoms with Gasteiger partial charge in [-0.05, 0) is 6.42 Å². The molecule has 98 valence electrons. The van der Waals surface area contributed by atoms with Gasteiger partial charge in [0.05, 0.1) is 12.7 Å². The summed E-state index contributed by atoms with van der Waals surface area (Å²) in [4.78, 5) is 14.0. The monoisotopic (exact) mass is 242 g/mol. The van der Waals surface area contributed by atoms with Gasteiger partial charge in [0, 0.05) is 31.5 Å². The van der Waals surface area contributed by atoms with Crippen LogP contribution in [0.2, 0.25) is 0 Å². The number of hydrogen-bond donors (Lipinski definition) is 2. The van der Waals surface area contributed by atoms with Crippen molar-refractivity contribution in [1.29, 1.82) is 0 Å². The number of carbonyl (C=O) groups excluding carboxylic acids is 1. The molecule has 2 aliphatic rings. The zero-order valence-corrected chi connectivity index (χ0v) is 10.8. The smallest absolute Gasteiger partial charge is 0.243 e. The first-order valence-electron chi connectivity index (χ1n) is 6.14. The molecule has 5 heteroatoms. The SMILES string of the molecule is CN(CCO)C(=O)C1(N)C2CCOC2C1(C)C. The second kappa shape index (κ2) is 3.93. The first-order valence-corrected chi connectivity index (χ1v) is 6.14. The molecular weight excluding hydrogens is 220 g/mol. The van der Waals surface area contributed by atoms with E-state index < -0.39 is 5.54 Å². The summed E-state index contributed by atoms with van der Waals surface area (Å²) in [6.07, 6.45) is 0.947. The normalized spacial score (nSPS) is 38.4. The largest absolute Gasteiger partial charge is 0.395 e. The fraction of sp³-hybridized carbons (Fsp3) is 0.917. The highest BCUT2D eigenvalue weighted by molar-refractivity contribution is 5.89. The number of amides is 1. The maximum Gasteiger partial charge on any atom is 0.243 e. The van der Waals surface area contributed by atoms with Gasteiger partial charge >= 0.3 is 0 Å². The first kappa shape index (κ1) is 12.8. The van der Waals surface area contributed by atoms with Crippen LogP contribution in [0.1, 0.15) is 20.3 Å². The van der Waals surface area contributed by atoms with Crippen molar-refractivity contribution >= 4 is 5.91 Å². The number of nitrogens with two attached hydrogens (primary N) is 1. The van der Waals surface area contributed by atoms with Crippen LogP contribution < -0.4 is 5.73 Å². The van der Waals surface area contributed by atoms with Crippen molar-refractivity contribution in [2.45, 2.75) is 31.9 Å². The Labute approximate surface area is 102 Å². The van der Waals surface area contributed by atoms with E-state index in [0.29, 0.717) is 13.2 Å². The summed E-state index contributed by atoms with van der Waals surface area (Å²) in [5.41, 5.74) is 5.20. The van der Waals surface area contributed by atoms with Gasteiger partial charge in [0.15, 0.2) is 0 Å². The summed E-state index contributed by atoms with van der Waals surface area (Å²) < 4.78 is 5.65. The fourth-order valence-corrected chi connectivity index (χ4v) is 3.39. The lowest BCUT2D eigenvalue weighted by Crippen LogP contribution is -2.80. The molecule has 0 bridgehead atoms. The van der Waals surface area contributed by atoms with Crippen molar-refractivity contribution < 1.29 is 14.6 Å². The maximum atomic E-state index is 12.4. The van der Waals surface area contributed by atoms with Gasteiger partial charge in [0.25, 0.3) is 0 Å². The molecular formula is C12H22N2O3. The number of rotatable bonds is 3. The van der Waals surface area contributed by atoms with E-state index in [1.54, 1.807) is 7.05 Å². The molecule has 2 fully saturated rings. The molecule has 0 aromatic heterocycles. The molecule has 1 heterocycles. The Balaban J connectivity index is 2.21. The minimum atomic E-state index is -0.849. The summed E-state index contributed by atoms with van der Waals surface area (Å²) in [7, 11) is 1.69. The van der Waals surface area contributed by atoms with E-state index in [1.165, 1.54) is 4.90 Å². The number of carbonyl (C=O) groups is 1. The molecule has 5 nitrogen and oxygen atoms in total. The number of aliphatic hydroxyl groups is 1. The average Bonchev–Trinajstić information content (AvgIpc) is 2.75. The van der Waals surface area contributed by atoms with E-state index in [4.69, 9.17) is 15.6 Å². The average molecular weight is 242 g/mol. The summed E-state index contributed by atoms with van der Waals surface area (Å²) >= 11 is 0. The molecule has 3 atom stereocenters. The van der Waals surface area contributed by atoms with E-state index in [9.17, 15) is 4.79 Å². The van der Waals surface area contributed by atoms with Crippen LogP contribution in [-0.4, -0.2) is 54.4 Å². The number of likely N-dealkylation sites (N-methyl/N-ethyl adjacent to an activating group) is 1.